The van der Waals surface area contributed by atoms with Crippen molar-refractivity contribution in [2.45, 2.75) is 32.1 Å². The van der Waals surface area contributed by atoms with Crippen LogP contribution in [0.4, 0.5) is 11.5 Å². The van der Waals surface area contributed by atoms with Crippen LogP contribution in [0.5, 0.6) is 0 Å². The van der Waals surface area contributed by atoms with E-state index in [9.17, 15) is 4.79 Å². The average molecular weight is 263 g/mol. The fourth-order valence-corrected chi connectivity index (χ4v) is 2.52. The van der Waals surface area contributed by atoms with Crippen molar-refractivity contribution in [3.8, 4) is 0 Å². The highest BCUT2D eigenvalue weighted by Gasteiger charge is 2.17. The molecule has 5 nitrogen and oxygen atoms in total. The maximum atomic E-state index is 11.7. The van der Waals surface area contributed by atoms with Crippen molar-refractivity contribution in [1.82, 2.24) is 4.98 Å². The SMILES string of the molecule is COC(=O)c1cc(N)cnc1NCC1CCCCC1. The molecule has 1 aliphatic carbocycles. The molecule has 0 atom stereocenters. The van der Waals surface area contributed by atoms with Gasteiger partial charge in [0.15, 0.2) is 0 Å². The van der Waals surface area contributed by atoms with Gasteiger partial charge in [-0.15, -0.1) is 0 Å². The van der Waals surface area contributed by atoms with Crippen molar-refractivity contribution in [2.75, 3.05) is 24.7 Å². The lowest BCUT2D eigenvalue weighted by Gasteiger charge is -2.22. The Labute approximate surface area is 113 Å². The molecular formula is C14H21N3O2. The molecule has 0 spiro atoms. The van der Waals surface area contributed by atoms with E-state index in [0.717, 1.165) is 6.54 Å². The third kappa shape index (κ3) is 3.59. The number of carbonyl (C=O) groups is 1. The van der Waals surface area contributed by atoms with E-state index in [-0.39, 0.29) is 0 Å². The van der Waals surface area contributed by atoms with Crippen LogP contribution in [-0.4, -0.2) is 24.6 Å². The van der Waals surface area contributed by atoms with Crippen molar-refractivity contribution < 1.29 is 9.53 Å². The third-order valence-corrected chi connectivity index (χ3v) is 3.60. The minimum atomic E-state index is -0.411. The molecule has 0 aromatic carbocycles. The molecule has 1 saturated carbocycles. The lowest BCUT2D eigenvalue weighted by atomic mass is 9.89. The molecule has 19 heavy (non-hydrogen) atoms. The smallest absolute Gasteiger partial charge is 0.341 e. The summed E-state index contributed by atoms with van der Waals surface area (Å²) in [6.45, 7) is 0.848. The van der Waals surface area contributed by atoms with Crippen molar-refractivity contribution >= 4 is 17.5 Å². The molecule has 104 valence electrons. The summed E-state index contributed by atoms with van der Waals surface area (Å²) in [5.74, 6) is 0.816. The zero-order valence-corrected chi connectivity index (χ0v) is 11.3. The van der Waals surface area contributed by atoms with Gasteiger partial charge in [0.2, 0.25) is 0 Å². The van der Waals surface area contributed by atoms with E-state index < -0.39 is 5.97 Å². The predicted octanol–water partition coefficient (Wildman–Crippen LogP) is 2.44. The maximum Gasteiger partial charge on any atom is 0.341 e. The van der Waals surface area contributed by atoms with Gasteiger partial charge in [-0.3, -0.25) is 0 Å². The molecule has 0 saturated heterocycles. The highest BCUT2D eigenvalue weighted by Crippen LogP contribution is 2.24. The molecule has 1 aromatic rings. The third-order valence-electron chi connectivity index (χ3n) is 3.60. The first-order chi connectivity index (χ1) is 9.20. The zero-order chi connectivity index (χ0) is 13.7. The van der Waals surface area contributed by atoms with Crippen LogP contribution in [0, 0.1) is 5.92 Å². The van der Waals surface area contributed by atoms with Crippen LogP contribution in [0.2, 0.25) is 0 Å². The number of methoxy groups -OCH3 is 1. The summed E-state index contributed by atoms with van der Waals surface area (Å²) in [6.07, 6.45) is 7.97. The minimum absolute atomic E-state index is 0.401. The van der Waals surface area contributed by atoms with E-state index in [2.05, 4.69) is 10.3 Å². The van der Waals surface area contributed by atoms with Crippen LogP contribution >= 0.6 is 0 Å². The van der Waals surface area contributed by atoms with Crippen LogP contribution in [0.1, 0.15) is 42.5 Å². The minimum Gasteiger partial charge on any atom is -0.465 e. The molecule has 0 radical (unpaired) electrons. The maximum absolute atomic E-state index is 11.7. The van der Waals surface area contributed by atoms with Crippen molar-refractivity contribution in [2.24, 2.45) is 5.92 Å². The molecule has 0 bridgehead atoms. The average Bonchev–Trinajstić information content (AvgIpc) is 2.46. The van der Waals surface area contributed by atoms with Crippen LogP contribution in [-0.2, 0) is 4.74 Å². The summed E-state index contributed by atoms with van der Waals surface area (Å²) in [5.41, 5.74) is 6.52. The van der Waals surface area contributed by atoms with E-state index in [4.69, 9.17) is 10.5 Å². The van der Waals surface area contributed by atoms with E-state index in [1.807, 2.05) is 0 Å². The van der Waals surface area contributed by atoms with Crippen LogP contribution < -0.4 is 11.1 Å². The molecule has 1 fully saturated rings. The van der Waals surface area contributed by atoms with Crippen molar-refractivity contribution in [1.29, 1.82) is 0 Å². The summed E-state index contributed by atoms with van der Waals surface area (Å²) in [7, 11) is 1.36. The molecule has 1 aromatic heterocycles. The van der Waals surface area contributed by atoms with E-state index in [1.165, 1.54) is 39.2 Å². The number of carbonyl (C=O) groups excluding carboxylic acids is 1. The fourth-order valence-electron chi connectivity index (χ4n) is 2.52. The second-order valence-electron chi connectivity index (χ2n) is 5.04. The number of hydrogen-bond donors (Lipinski definition) is 2. The molecule has 0 unspecified atom stereocenters. The summed E-state index contributed by atoms with van der Waals surface area (Å²) >= 11 is 0. The standard InChI is InChI=1S/C14H21N3O2/c1-19-14(18)12-7-11(15)9-17-13(12)16-8-10-5-3-2-4-6-10/h7,9-10H,2-6,8,15H2,1H3,(H,16,17). The van der Waals surface area contributed by atoms with E-state index in [1.54, 1.807) is 12.3 Å². The number of pyridine rings is 1. The number of esters is 1. The quantitative estimate of drug-likeness (QED) is 0.816. The predicted molar refractivity (Wildman–Crippen MR) is 75.1 cm³/mol. The number of hydrogen-bond acceptors (Lipinski definition) is 5. The lowest BCUT2D eigenvalue weighted by molar-refractivity contribution is 0.0601. The number of ether oxygens (including phenoxy) is 1. The van der Waals surface area contributed by atoms with Crippen LogP contribution in [0.15, 0.2) is 12.3 Å². The topological polar surface area (TPSA) is 77.2 Å². The number of aromatic nitrogens is 1. The first kappa shape index (κ1) is 13.6. The molecule has 3 N–H and O–H groups in total. The summed E-state index contributed by atoms with van der Waals surface area (Å²) in [4.78, 5) is 15.9. The van der Waals surface area contributed by atoms with Gasteiger partial charge in [-0.05, 0) is 24.8 Å². The Bertz CT molecular complexity index is 442. The molecule has 0 aliphatic heterocycles. The lowest BCUT2D eigenvalue weighted by Crippen LogP contribution is -2.19. The Hall–Kier alpha value is -1.78. The second kappa shape index (κ2) is 6.41. The van der Waals surface area contributed by atoms with Crippen LogP contribution in [0.3, 0.4) is 0 Å². The highest BCUT2D eigenvalue weighted by atomic mass is 16.5. The first-order valence-electron chi connectivity index (χ1n) is 6.78. The molecule has 5 heteroatoms. The summed E-state index contributed by atoms with van der Waals surface area (Å²) < 4.78 is 4.75. The molecule has 2 rings (SSSR count). The molecular weight excluding hydrogens is 242 g/mol. The first-order valence-corrected chi connectivity index (χ1v) is 6.78. The van der Waals surface area contributed by atoms with Gasteiger partial charge in [-0.2, -0.15) is 0 Å². The van der Waals surface area contributed by atoms with Gasteiger partial charge >= 0.3 is 5.97 Å². The summed E-state index contributed by atoms with van der Waals surface area (Å²) in [5, 5.41) is 3.26. The normalized spacial score (nSPS) is 16.1. The Morgan fingerprint density at radius 2 is 2.21 bits per heavy atom. The Morgan fingerprint density at radius 3 is 2.89 bits per heavy atom. The van der Waals surface area contributed by atoms with Gasteiger partial charge in [0.05, 0.1) is 19.0 Å². The molecule has 0 amide bonds. The van der Waals surface area contributed by atoms with Gasteiger partial charge in [0, 0.05) is 6.54 Å². The number of nitrogens with two attached hydrogens (primary N) is 1. The number of nitrogens with zero attached hydrogens (tertiary/aromatic N) is 1. The number of anilines is 2. The number of rotatable bonds is 4. The largest absolute Gasteiger partial charge is 0.465 e. The zero-order valence-electron chi connectivity index (χ0n) is 11.3. The van der Waals surface area contributed by atoms with Gasteiger partial charge in [-0.1, -0.05) is 19.3 Å². The van der Waals surface area contributed by atoms with Gasteiger partial charge < -0.3 is 15.8 Å². The highest BCUT2D eigenvalue weighted by molar-refractivity contribution is 5.95. The molecule has 1 heterocycles. The van der Waals surface area contributed by atoms with Crippen molar-refractivity contribution in [3.05, 3.63) is 17.8 Å². The number of nitrogens with one attached hydrogen (secondary N) is 1. The Balaban J connectivity index is 2.04. The van der Waals surface area contributed by atoms with Crippen molar-refractivity contribution in [3.63, 3.8) is 0 Å². The monoisotopic (exact) mass is 263 g/mol. The van der Waals surface area contributed by atoms with Crippen LogP contribution in [0.25, 0.3) is 0 Å². The fraction of sp³-hybridized carbons (Fsp3) is 0.571. The second-order valence-corrected chi connectivity index (χ2v) is 5.04. The molecule has 1 aliphatic rings. The van der Waals surface area contributed by atoms with E-state index in [0.29, 0.717) is 23.0 Å². The van der Waals surface area contributed by atoms with Gasteiger partial charge in [0.25, 0.3) is 0 Å². The number of nitrogen functional groups attached to an aromatic ring is 1. The van der Waals surface area contributed by atoms with E-state index >= 15 is 0 Å². The summed E-state index contributed by atoms with van der Waals surface area (Å²) in [6, 6.07) is 1.60. The van der Waals surface area contributed by atoms with Gasteiger partial charge in [-0.25, -0.2) is 9.78 Å². The Kier molecular flexibility index (Phi) is 4.60. The van der Waals surface area contributed by atoms with Gasteiger partial charge in [0.1, 0.15) is 11.4 Å². The Morgan fingerprint density at radius 1 is 1.47 bits per heavy atom.